The quantitative estimate of drug-likeness (QED) is 0.339. The fourth-order valence-electron chi connectivity index (χ4n) is 5.13. The molecule has 0 saturated heterocycles. The molecule has 1 spiro atoms. The lowest BCUT2D eigenvalue weighted by Gasteiger charge is -2.37. The highest BCUT2D eigenvalue weighted by Gasteiger charge is 2.52. The fraction of sp³-hybridized carbons (Fsp3) is 0.739. The highest BCUT2D eigenvalue weighted by molar-refractivity contribution is 6.73. The van der Waals surface area contributed by atoms with Crippen molar-refractivity contribution in [3.63, 3.8) is 0 Å². The number of rotatable bonds is 10. The molecule has 0 aromatic heterocycles. The molecule has 1 atom stereocenters. The van der Waals surface area contributed by atoms with Crippen molar-refractivity contribution in [1.82, 2.24) is 0 Å². The Bertz CT molecular complexity index is 613. The average Bonchev–Trinajstić information content (AvgIpc) is 3.39. The zero-order valence-corrected chi connectivity index (χ0v) is 20.1. The standard InChI is InChI=1S/C23H36Cl2OSi/c1-5-27(6-2,7-3)26-21(22-19(24)13-17(4)14-20(22)25)10-8-9-18-15-23(16-18)11-12-23/h13-14,18,21H,5-12,15-16H2,1-4H3. The molecule has 1 aromatic rings. The lowest BCUT2D eigenvalue weighted by molar-refractivity contribution is 0.137. The number of hydrogen-bond donors (Lipinski definition) is 0. The van der Waals surface area contributed by atoms with Gasteiger partial charge in [-0.15, -0.1) is 0 Å². The second-order valence-corrected chi connectivity index (χ2v) is 14.7. The first kappa shape index (κ1) is 21.7. The molecule has 4 heteroatoms. The summed E-state index contributed by atoms with van der Waals surface area (Å²) in [5.41, 5.74) is 2.95. The van der Waals surface area contributed by atoms with E-state index in [1.165, 1.54) is 38.5 Å². The maximum absolute atomic E-state index is 6.93. The Morgan fingerprint density at radius 3 is 2.11 bits per heavy atom. The van der Waals surface area contributed by atoms with Crippen LogP contribution in [0.3, 0.4) is 0 Å². The Hall–Kier alpha value is -0.0231. The van der Waals surface area contributed by atoms with Crippen LogP contribution in [0.5, 0.6) is 0 Å². The molecule has 1 unspecified atom stereocenters. The number of aryl methyl sites for hydroxylation is 1. The van der Waals surface area contributed by atoms with Gasteiger partial charge < -0.3 is 4.43 Å². The first-order valence-electron chi connectivity index (χ1n) is 11.0. The van der Waals surface area contributed by atoms with Crippen molar-refractivity contribution in [3.8, 4) is 0 Å². The second-order valence-electron chi connectivity index (χ2n) is 9.20. The highest BCUT2D eigenvalue weighted by Crippen LogP contribution is 2.64. The summed E-state index contributed by atoms with van der Waals surface area (Å²) in [6.07, 6.45) is 9.57. The summed E-state index contributed by atoms with van der Waals surface area (Å²) in [5.74, 6) is 0.947. The summed E-state index contributed by atoms with van der Waals surface area (Å²) < 4.78 is 6.93. The van der Waals surface area contributed by atoms with Gasteiger partial charge in [0, 0.05) is 15.6 Å². The Morgan fingerprint density at radius 1 is 1.07 bits per heavy atom. The van der Waals surface area contributed by atoms with Crippen LogP contribution in [0, 0.1) is 18.3 Å². The Balaban J connectivity index is 1.71. The monoisotopic (exact) mass is 426 g/mol. The molecule has 1 aromatic carbocycles. The molecule has 2 fully saturated rings. The summed E-state index contributed by atoms with van der Waals surface area (Å²) in [6.45, 7) is 8.92. The van der Waals surface area contributed by atoms with Crippen molar-refractivity contribution in [2.75, 3.05) is 0 Å². The molecule has 2 aliphatic carbocycles. The van der Waals surface area contributed by atoms with Gasteiger partial charge in [-0.1, -0.05) is 56.8 Å². The lowest BCUT2D eigenvalue weighted by atomic mass is 9.70. The number of benzene rings is 1. The van der Waals surface area contributed by atoms with E-state index in [2.05, 4.69) is 20.8 Å². The van der Waals surface area contributed by atoms with Crippen LogP contribution in [0.1, 0.15) is 82.9 Å². The highest BCUT2D eigenvalue weighted by atomic mass is 35.5. The minimum absolute atomic E-state index is 0.0482. The molecule has 0 aliphatic heterocycles. The van der Waals surface area contributed by atoms with Gasteiger partial charge in [-0.2, -0.15) is 0 Å². The van der Waals surface area contributed by atoms with E-state index in [0.29, 0.717) is 0 Å². The van der Waals surface area contributed by atoms with E-state index >= 15 is 0 Å². The minimum Gasteiger partial charge on any atom is -0.410 e. The molecule has 0 bridgehead atoms. The predicted octanol–water partition coefficient (Wildman–Crippen LogP) is 8.73. The molecule has 152 valence electrons. The van der Waals surface area contributed by atoms with E-state index in [1.54, 1.807) is 0 Å². The topological polar surface area (TPSA) is 9.23 Å². The SMILES string of the molecule is CC[Si](CC)(CC)OC(CCCC1CC2(CC2)C1)c1c(Cl)cc(C)cc1Cl. The number of hydrogen-bond acceptors (Lipinski definition) is 1. The van der Waals surface area contributed by atoms with E-state index in [-0.39, 0.29) is 6.10 Å². The van der Waals surface area contributed by atoms with Gasteiger partial charge in [-0.25, -0.2) is 0 Å². The van der Waals surface area contributed by atoms with E-state index < -0.39 is 8.32 Å². The van der Waals surface area contributed by atoms with Crippen LogP contribution in [0.15, 0.2) is 12.1 Å². The van der Waals surface area contributed by atoms with Gasteiger partial charge in [-0.05, 0) is 86.2 Å². The van der Waals surface area contributed by atoms with Crippen LogP contribution in [0.2, 0.25) is 28.2 Å². The molecule has 1 nitrogen and oxygen atoms in total. The zero-order valence-electron chi connectivity index (χ0n) is 17.5. The van der Waals surface area contributed by atoms with Crippen LogP contribution in [-0.2, 0) is 4.43 Å². The van der Waals surface area contributed by atoms with Crippen LogP contribution in [0.4, 0.5) is 0 Å². The van der Waals surface area contributed by atoms with Crippen molar-refractivity contribution in [2.45, 2.75) is 96.9 Å². The normalized spacial score (nSPS) is 19.9. The Kier molecular flexibility index (Phi) is 7.05. The maximum atomic E-state index is 6.93. The van der Waals surface area contributed by atoms with Gasteiger partial charge in [0.25, 0.3) is 0 Å². The summed E-state index contributed by atoms with van der Waals surface area (Å²) in [5, 5.41) is 1.55. The second kappa shape index (κ2) is 8.77. The van der Waals surface area contributed by atoms with Gasteiger partial charge in [0.2, 0.25) is 0 Å². The van der Waals surface area contributed by atoms with Crippen molar-refractivity contribution in [3.05, 3.63) is 33.3 Å². The van der Waals surface area contributed by atoms with Crippen molar-refractivity contribution in [2.24, 2.45) is 11.3 Å². The third-order valence-corrected chi connectivity index (χ3v) is 12.6. The maximum Gasteiger partial charge on any atom is 0.192 e. The number of halogens is 2. The molecule has 0 heterocycles. The summed E-state index contributed by atoms with van der Waals surface area (Å²) in [6, 6.07) is 7.54. The third-order valence-electron chi connectivity index (χ3n) is 7.35. The van der Waals surface area contributed by atoms with Crippen molar-refractivity contribution >= 4 is 31.5 Å². The fourth-order valence-corrected chi connectivity index (χ4v) is 8.81. The Morgan fingerprint density at radius 2 is 1.63 bits per heavy atom. The Labute approximate surface area is 177 Å². The largest absolute Gasteiger partial charge is 0.410 e. The van der Waals surface area contributed by atoms with E-state index in [4.69, 9.17) is 27.6 Å². The lowest BCUT2D eigenvalue weighted by Crippen LogP contribution is -2.37. The van der Waals surface area contributed by atoms with Crippen LogP contribution >= 0.6 is 23.2 Å². The first-order valence-corrected chi connectivity index (χ1v) is 14.3. The van der Waals surface area contributed by atoms with Gasteiger partial charge in [0.1, 0.15) is 0 Å². The van der Waals surface area contributed by atoms with Crippen LogP contribution in [-0.4, -0.2) is 8.32 Å². The van der Waals surface area contributed by atoms with Gasteiger partial charge >= 0.3 is 0 Å². The third kappa shape index (κ3) is 4.94. The van der Waals surface area contributed by atoms with Crippen LogP contribution in [0.25, 0.3) is 0 Å². The smallest absolute Gasteiger partial charge is 0.192 e. The summed E-state index contributed by atoms with van der Waals surface area (Å²) in [7, 11) is -1.72. The molecular formula is C23H36Cl2OSi. The summed E-state index contributed by atoms with van der Waals surface area (Å²) in [4.78, 5) is 0. The molecular weight excluding hydrogens is 391 g/mol. The molecule has 0 amide bonds. The predicted molar refractivity (Wildman–Crippen MR) is 120 cm³/mol. The molecule has 2 aliphatic rings. The van der Waals surface area contributed by atoms with Gasteiger partial charge in [0.15, 0.2) is 8.32 Å². The minimum atomic E-state index is -1.72. The van der Waals surface area contributed by atoms with E-state index in [0.717, 1.165) is 57.1 Å². The average molecular weight is 428 g/mol. The van der Waals surface area contributed by atoms with Crippen LogP contribution < -0.4 is 0 Å². The summed E-state index contributed by atoms with van der Waals surface area (Å²) >= 11 is 13.3. The van der Waals surface area contributed by atoms with Gasteiger partial charge in [-0.3, -0.25) is 0 Å². The van der Waals surface area contributed by atoms with Crippen molar-refractivity contribution in [1.29, 1.82) is 0 Å². The van der Waals surface area contributed by atoms with E-state index in [9.17, 15) is 0 Å². The molecule has 0 N–H and O–H groups in total. The van der Waals surface area contributed by atoms with Gasteiger partial charge in [0.05, 0.1) is 6.10 Å². The molecule has 3 rings (SSSR count). The van der Waals surface area contributed by atoms with E-state index in [1.807, 2.05) is 19.1 Å². The molecule has 2 saturated carbocycles. The molecule has 27 heavy (non-hydrogen) atoms. The van der Waals surface area contributed by atoms with Crippen molar-refractivity contribution < 1.29 is 4.43 Å². The molecule has 0 radical (unpaired) electrons. The zero-order chi connectivity index (χ0) is 19.7. The first-order chi connectivity index (χ1) is 12.9.